The molecular weight excluding hydrogens is 242 g/mol. The molecule has 4 nitrogen and oxygen atoms in total. The third kappa shape index (κ3) is 6.36. The van der Waals surface area contributed by atoms with E-state index < -0.39 is 0 Å². The van der Waals surface area contributed by atoms with Crippen molar-refractivity contribution in [2.24, 2.45) is 0 Å². The molecule has 0 spiro atoms. The fourth-order valence-corrected chi connectivity index (χ4v) is 1.85. The Balaban J connectivity index is 2.06. The van der Waals surface area contributed by atoms with E-state index in [9.17, 15) is 4.79 Å². The lowest BCUT2D eigenvalue weighted by molar-refractivity contribution is -0.143. The minimum absolute atomic E-state index is 0.240. The number of rotatable bonds is 9. The number of benzene rings is 1. The molecule has 1 unspecified atom stereocenters. The third-order valence-electron chi connectivity index (χ3n) is 2.98. The molecule has 0 radical (unpaired) electrons. The molecule has 0 heterocycles. The Morgan fingerprint density at radius 1 is 1.26 bits per heavy atom. The Bertz CT molecular complexity index is 354. The van der Waals surface area contributed by atoms with Crippen molar-refractivity contribution < 1.29 is 14.3 Å². The van der Waals surface area contributed by atoms with Gasteiger partial charge in [-0.15, -0.1) is 0 Å². The zero-order chi connectivity index (χ0) is 13.9. The van der Waals surface area contributed by atoms with Gasteiger partial charge in [0.15, 0.2) is 0 Å². The molecular formula is C15H23NO3. The topological polar surface area (TPSA) is 47.6 Å². The summed E-state index contributed by atoms with van der Waals surface area (Å²) >= 11 is 0. The van der Waals surface area contributed by atoms with E-state index >= 15 is 0 Å². The number of aryl methyl sites for hydroxylation is 1. The van der Waals surface area contributed by atoms with Crippen molar-refractivity contribution in [1.29, 1.82) is 0 Å². The van der Waals surface area contributed by atoms with Crippen molar-refractivity contribution in [1.82, 2.24) is 5.32 Å². The van der Waals surface area contributed by atoms with Gasteiger partial charge >= 0.3 is 5.97 Å². The second-order valence-electron chi connectivity index (χ2n) is 4.35. The summed E-state index contributed by atoms with van der Waals surface area (Å²) in [6.07, 6.45) is 2.65. The number of esters is 1. The predicted octanol–water partition coefficient (Wildman–Crippen LogP) is 1.79. The van der Waals surface area contributed by atoms with Gasteiger partial charge in [0.1, 0.15) is 6.04 Å². The van der Waals surface area contributed by atoms with E-state index in [1.165, 1.54) is 12.7 Å². The zero-order valence-electron chi connectivity index (χ0n) is 11.7. The fourth-order valence-electron chi connectivity index (χ4n) is 1.85. The molecule has 4 heteroatoms. The van der Waals surface area contributed by atoms with Crippen molar-refractivity contribution in [2.45, 2.75) is 25.3 Å². The molecule has 0 saturated carbocycles. The standard InChI is InChI=1S/C15H23NO3/c1-16-14(15(17)18-2)10-12-19-11-6-9-13-7-4-3-5-8-13/h3-5,7-8,14,16H,6,9-12H2,1-2H3. The largest absolute Gasteiger partial charge is 0.468 e. The van der Waals surface area contributed by atoms with Gasteiger partial charge in [-0.2, -0.15) is 0 Å². The Morgan fingerprint density at radius 3 is 2.63 bits per heavy atom. The van der Waals surface area contributed by atoms with E-state index in [-0.39, 0.29) is 12.0 Å². The number of carbonyl (C=O) groups excluding carboxylic acids is 1. The van der Waals surface area contributed by atoms with Crippen LogP contribution in [0.2, 0.25) is 0 Å². The number of nitrogens with one attached hydrogen (secondary N) is 1. The highest BCUT2D eigenvalue weighted by atomic mass is 16.5. The molecule has 0 bridgehead atoms. The van der Waals surface area contributed by atoms with Gasteiger partial charge < -0.3 is 14.8 Å². The number of hydrogen-bond acceptors (Lipinski definition) is 4. The first-order valence-corrected chi connectivity index (χ1v) is 6.64. The highest BCUT2D eigenvalue weighted by Gasteiger charge is 2.15. The summed E-state index contributed by atoms with van der Waals surface area (Å²) in [6.45, 7) is 1.28. The second-order valence-corrected chi connectivity index (χ2v) is 4.35. The van der Waals surface area contributed by atoms with Crippen molar-refractivity contribution in [3.8, 4) is 0 Å². The van der Waals surface area contributed by atoms with Crippen molar-refractivity contribution >= 4 is 5.97 Å². The lowest BCUT2D eigenvalue weighted by Gasteiger charge is -2.13. The summed E-state index contributed by atoms with van der Waals surface area (Å²) in [6, 6.07) is 10.1. The molecule has 0 aliphatic heterocycles. The quantitative estimate of drug-likeness (QED) is 0.546. The lowest BCUT2D eigenvalue weighted by Crippen LogP contribution is -2.36. The van der Waals surface area contributed by atoms with E-state index in [1.54, 1.807) is 7.05 Å². The molecule has 1 atom stereocenters. The van der Waals surface area contributed by atoms with Gasteiger partial charge in [0, 0.05) is 13.2 Å². The Morgan fingerprint density at radius 2 is 2.00 bits per heavy atom. The van der Waals surface area contributed by atoms with Crippen LogP contribution in [0.25, 0.3) is 0 Å². The summed E-state index contributed by atoms with van der Waals surface area (Å²) in [5.74, 6) is -0.240. The Hall–Kier alpha value is -1.39. The van der Waals surface area contributed by atoms with Crippen molar-refractivity contribution in [2.75, 3.05) is 27.4 Å². The van der Waals surface area contributed by atoms with Crippen LogP contribution in [-0.4, -0.2) is 39.4 Å². The zero-order valence-corrected chi connectivity index (χ0v) is 11.7. The van der Waals surface area contributed by atoms with Crippen molar-refractivity contribution in [3.63, 3.8) is 0 Å². The van der Waals surface area contributed by atoms with Crippen LogP contribution in [0.1, 0.15) is 18.4 Å². The van der Waals surface area contributed by atoms with E-state index in [0.717, 1.165) is 12.8 Å². The van der Waals surface area contributed by atoms with E-state index in [1.807, 2.05) is 18.2 Å². The number of ether oxygens (including phenoxy) is 2. The van der Waals surface area contributed by atoms with Gasteiger partial charge in [0.2, 0.25) is 0 Å². The van der Waals surface area contributed by atoms with Gasteiger partial charge in [-0.3, -0.25) is 4.79 Å². The van der Waals surface area contributed by atoms with Crippen LogP contribution in [-0.2, 0) is 20.7 Å². The maximum Gasteiger partial charge on any atom is 0.322 e. The van der Waals surface area contributed by atoms with E-state index in [0.29, 0.717) is 19.6 Å². The summed E-state index contributed by atoms with van der Waals surface area (Å²) < 4.78 is 10.2. The first-order valence-electron chi connectivity index (χ1n) is 6.64. The van der Waals surface area contributed by atoms with Crippen LogP contribution in [0.15, 0.2) is 30.3 Å². The molecule has 0 aromatic heterocycles. The van der Waals surface area contributed by atoms with Crippen LogP contribution >= 0.6 is 0 Å². The summed E-state index contributed by atoms with van der Waals surface area (Å²) in [7, 11) is 3.14. The summed E-state index contributed by atoms with van der Waals surface area (Å²) in [5, 5.41) is 2.91. The molecule has 0 fully saturated rings. The summed E-state index contributed by atoms with van der Waals surface area (Å²) in [5.41, 5.74) is 1.33. The molecule has 19 heavy (non-hydrogen) atoms. The fraction of sp³-hybridized carbons (Fsp3) is 0.533. The maximum atomic E-state index is 11.3. The molecule has 1 aromatic carbocycles. The molecule has 0 aliphatic carbocycles. The Labute approximate surface area is 115 Å². The minimum Gasteiger partial charge on any atom is -0.468 e. The molecule has 1 N–H and O–H groups in total. The first kappa shape index (κ1) is 15.7. The Kier molecular flexibility index (Phi) is 7.86. The predicted molar refractivity (Wildman–Crippen MR) is 75.1 cm³/mol. The first-order chi connectivity index (χ1) is 9.27. The number of hydrogen-bond donors (Lipinski definition) is 1. The van der Waals surface area contributed by atoms with Crippen LogP contribution in [0.5, 0.6) is 0 Å². The van der Waals surface area contributed by atoms with Crippen LogP contribution in [0, 0.1) is 0 Å². The highest BCUT2D eigenvalue weighted by Crippen LogP contribution is 2.03. The lowest BCUT2D eigenvalue weighted by atomic mass is 10.1. The monoisotopic (exact) mass is 265 g/mol. The van der Waals surface area contributed by atoms with Crippen LogP contribution in [0.4, 0.5) is 0 Å². The molecule has 106 valence electrons. The van der Waals surface area contributed by atoms with Gasteiger partial charge in [-0.05, 0) is 31.9 Å². The van der Waals surface area contributed by atoms with Gasteiger partial charge in [0.05, 0.1) is 7.11 Å². The van der Waals surface area contributed by atoms with Gasteiger partial charge in [-0.25, -0.2) is 0 Å². The average molecular weight is 265 g/mol. The SMILES string of the molecule is CNC(CCOCCCc1ccccc1)C(=O)OC. The minimum atomic E-state index is -0.279. The smallest absolute Gasteiger partial charge is 0.322 e. The summed E-state index contributed by atoms with van der Waals surface area (Å²) in [4.78, 5) is 11.3. The second kappa shape index (κ2) is 9.53. The van der Waals surface area contributed by atoms with Crippen LogP contribution < -0.4 is 5.32 Å². The number of likely N-dealkylation sites (N-methyl/N-ethyl adjacent to an activating group) is 1. The molecule has 0 aliphatic rings. The van der Waals surface area contributed by atoms with Crippen molar-refractivity contribution in [3.05, 3.63) is 35.9 Å². The van der Waals surface area contributed by atoms with Crippen LogP contribution in [0.3, 0.4) is 0 Å². The molecule has 1 rings (SSSR count). The molecule has 0 amide bonds. The molecule has 1 aromatic rings. The van der Waals surface area contributed by atoms with E-state index in [4.69, 9.17) is 4.74 Å². The average Bonchev–Trinajstić information content (AvgIpc) is 2.47. The number of carbonyl (C=O) groups is 1. The number of methoxy groups -OCH3 is 1. The van der Waals surface area contributed by atoms with Gasteiger partial charge in [-0.1, -0.05) is 30.3 Å². The normalized spacial score (nSPS) is 12.1. The molecule has 0 saturated heterocycles. The third-order valence-corrected chi connectivity index (χ3v) is 2.98. The maximum absolute atomic E-state index is 11.3. The highest BCUT2D eigenvalue weighted by molar-refractivity contribution is 5.75. The van der Waals surface area contributed by atoms with Gasteiger partial charge in [0.25, 0.3) is 0 Å². The van der Waals surface area contributed by atoms with E-state index in [2.05, 4.69) is 22.2 Å².